The van der Waals surface area contributed by atoms with Gasteiger partial charge in [0, 0.05) is 17.5 Å². The Morgan fingerprint density at radius 2 is 1.85 bits per heavy atom. The van der Waals surface area contributed by atoms with E-state index < -0.39 is 5.97 Å². The molecule has 0 saturated heterocycles. The molecule has 1 amide bonds. The van der Waals surface area contributed by atoms with Crippen molar-refractivity contribution in [3.05, 3.63) is 84.0 Å². The maximum atomic E-state index is 12.9. The van der Waals surface area contributed by atoms with Crippen LogP contribution >= 0.6 is 23.1 Å². The Morgan fingerprint density at radius 3 is 2.54 bits per heavy atom. The molecule has 0 bridgehead atoms. The minimum atomic E-state index is -0.479. The summed E-state index contributed by atoms with van der Waals surface area (Å²) in [5, 5.41) is 14.2. The number of methoxy groups -OCH3 is 1. The fourth-order valence-electron chi connectivity index (χ4n) is 3.64. The number of anilines is 1. The molecule has 4 aromatic rings. The van der Waals surface area contributed by atoms with E-state index >= 15 is 0 Å². The van der Waals surface area contributed by atoms with E-state index in [2.05, 4.69) is 22.1 Å². The SMILES string of the molecule is C=CCn1c(COc2ccc(OC)cc2)nnc1SCC(=O)Nc1scc(-c2ccccc2)c1C(=O)OCC. The largest absolute Gasteiger partial charge is 0.497 e. The first-order chi connectivity index (χ1) is 19.0. The minimum Gasteiger partial charge on any atom is -0.497 e. The molecule has 0 spiro atoms. The molecule has 2 aromatic carbocycles. The highest BCUT2D eigenvalue weighted by Crippen LogP contribution is 2.36. The van der Waals surface area contributed by atoms with Crippen LogP contribution in [-0.2, 0) is 22.7 Å². The standard InChI is InChI=1S/C28H28N4O5S2/c1-4-15-32-23(16-37-21-13-11-20(35-3)12-14-21)30-31-28(32)39-18-24(33)29-26-25(27(34)36-5-2)22(17-38-26)19-9-7-6-8-10-19/h4,6-14,17H,1,5,15-16,18H2,2-3H3,(H,29,33). The van der Waals surface area contributed by atoms with Crippen molar-refractivity contribution in [3.8, 4) is 22.6 Å². The molecule has 0 saturated carbocycles. The molecule has 0 aliphatic carbocycles. The molecule has 0 fully saturated rings. The topological polar surface area (TPSA) is 105 Å². The van der Waals surface area contributed by atoms with Gasteiger partial charge in [-0.2, -0.15) is 0 Å². The highest BCUT2D eigenvalue weighted by molar-refractivity contribution is 7.99. The molecule has 4 rings (SSSR count). The van der Waals surface area contributed by atoms with Crippen LogP contribution in [0.5, 0.6) is 11.5 Å². The third-order valence-corrected chi connectivity index (χ3v) is 7.34. The van der Waals surface area contributed by atoms with Gasteiger partial charge in [-0.05, 0) is 36.8 Å². The molecule has 1 N–H and O–H groups in total. The number of benzene rings is 2. The van der Waals surface area contributed by atoms with E-state index in [0.29, 0.717) is 39.4 Å². The van der Waals surface area contributed by atoms with E-state index in [1.165, 1.54) is 23.1 Å². The van der Waals surface area contributed by atoms with Crippen molar-refractivity contribution >= 4 is 40.0 Å². The number of nitrogens with zero attached hydrogens (tertiary/aromatic N) is 3. The van der Waals surface area contributed by atoms with E-state index in [9.17, 15) is 9.59 Å². The molecule has 11 heteroatoms. The highest BCUT2D eigenvalue weighted by atomic mass is 32.2. The van der Waals surface area contributed by atoms with Gasteiger partial charge in [-0.25, -0.2) is 4.79 Å². The Labute approximate surface area is 234 Å². The van der Waals surface area contributed by atoms with Crippen molar-refractivity contribution in [1.82, 2.24) is 14.8 Å². The molecular weight excluding hydrogens is 536 g/mol. The van der Waals surface area contributed by atoms with Gasteiger partial charge in [0.1, 0.15) is 28.7 Å². The van der Waals surface area contributed by atoms with E-state index in [0.717, 1.165) is 11.3 Å². The number of esters is 1. The maximum Gasteiger partial charge on any atom is 0.341 e. The lowest BCUT2D eigenvalue weighted by molar-refractivity contribution is -0.113. The third-order valence-electron chi connectivity index (χ3n) is 5.47. The average molecular weight is 565 g/mol. The molecular formula is C28H28N4O5S2. The molecule has 202 valence electrons. The maximum absolute atomic E-state index is 12.9. The molecule has 9 nitrogen and oxygen atoms in total. The number of nitrogens with one attached hydrogen (secondary N) is 1. The Balaban J connectivity index is 1.43. The predicted octanol–water partition coefficient (Wildman–Crippen LogP) is 5.69. The van der Waals surface area contributed by atoms with E-state index in [4.69, 9.17) is 14.2 Å². The van der Waals surface area contributed by atoms with Crippen molar-refractivity contribution in [2.75, 3.05) is 24.8 Å². The predicted molar refractivity (Wildman–Crippen MR) is 153 cm³/mol. The zero-order chi connectivity index (χ0) is 27.6. The first-order valence-corrected chi connectivity index (χ1v) is 14.0. The van der Waals surface area contributed by atoms with Gasteiger partial charge in [0.2, 0.25) is 5.91 Å². The van der Waals surface area contributed by atoms with Gasteiger partial charge >= 0.3 is 5.97 Å². The van der Waals surface area contributed by atoms with Crippen molar-refractivity contribution in [3.63, 3.8) is 0 Å². The second-order valence-electron chi connectivity index (χ2n) is 8.04. The summed E-state index contributed by atoms with van der Waals surface area (Å²) < 4.78 is 18.1. The molecule has 39 heavy (non-hydrogen) atoms. The first kappa shape index (κ1) is 27.9. The smallest absolute Gasteiger partial charge is 0.341 e. The Morgan fingerprint density at radius 1 is 1.10 bits per heavy atom. The number of hydrogen-bond acceptors (Lipinski definition) is 9. The van der Waals surface area contributed by atoms with Gasteiger partial charge in [-0.15, -0.1) is 28.1 Å². The summed E-state index contributed by atoms with van der Waals surface area (Å²) in [6.07, 6.45) is 1.73. The van der Waals surface area contributed by atoms with Gasteiger partial charge < -0.3 is 19.5 Å². The zero-order valence-electron chi connectivity index (χ0n) is 21.6. The summed E-state index contributed by atoms with van der Waals surface area (Å²) in [5.74, 6) is 1.31. The number of hydrogen-bond donors (Lipinski definition) is 1. The molecule has 2 aromatic heterocycles. The molecule has 0 atom stereocenters. The zero-order valence-corrected chi connectivity index (χ0v) is 23.2. The number of aromatic nitrogens is 3. The highest BCUT2D eigenvalue weighted by Gasteiger charge is 2.23. The van der Waals surface area contributed by atoms with E-state index in [-0.39, 0.29) is 24.9 Å². The van der Waals surface area contributed by atoms with Crippen molar-refractivity contribution in [2.24, 2.45) is 0 Å². The van der Waals surface area contributed by atoms with Crippen molar-refractivity contribution in [2.45, 2.75) is 25.2 Å². The number of rotatable bonds is 13. The van der Waals surface area contributed by atoms with E-state index in [1.54, 1.807) is 20.1 Å². The number of carbonyl (C=O) groups is 2. The number of allylic oxidation sites excluding steroid dienone is 1. The summed E-state index contributed by atoms with van der Waals surface area (Å²) in [5.41, 5.74) is 1.93. The minimum absolute atomic E-state index is 0.0649. The Kier molecular flexibility index (Phi) is 9.76. The third kappa shape index (κ3) is 7.06. The Bertz CT molecular complexity index is 1420. The lowest BCUT2D eigenvalue weighted by Gasteiger charge is -2.10. The number of thiophene rings is 1. The van der Waals surface area contributed by atoms with Crippen LogP contribution < -0.4 is 14.8 Å². The van der Waals surface area contributed by atoms with Gasteiger partial charge in [-0.3, -0.25) is 9.36 Å². The monoisotopic (exact) mass is 564 g/mol. The first-order valence-electron chi connectivity index (χ1n) is 12.1. The number of thioether (sulfide) groups is 1. The lowest BCUT2D eigenvalue weighted by Crippen LogP contribution is -2.17. The lowest BCUT2D eigenvalue weighted by atomic mass is 10.0. The van der Waals surface area contributed by atoms with Crippen LogP contribution in [0.1, 0.15) is 23.1 Å². The van der Waals surface area contributed by atoms with Crippen LogP contribution in [0.2, 0.25) is 0 Å². The summed E-state index contributed by atoms with van der Waals surface area (Å²) >= 11 is 2.52. The number of ether oxygens (including phenoxy) is 3. The van der Waals surface area contributed by atoms with Crippen LogP contribution in [0, 0.1) is 0 Å². The van der Waals surface area contributed by atoms with Crippen LogP contribution in [-0.4, -0.2) is 46.1 Å². The fourth-order valence-corrected chi connectivity index (χ4v) is 5.38. The molecule has 0 aliphatic rings. The van der Waals surface area contributed by atoms with Gasteiger partial charge in [0.15, 0.2) is 11.0 Å². The molecule has 2 heterocycles. The van der Waals surface area contributed by atoms with E-state index in [1.807, 2.05) is 64.5 Å². The summed E-state index contributed by atoms with van der Waals surface area (Å²) in [6, 6.07) is 16.8. The second-order valence-corrected chi connectivity index (χ2v) is 9.86. The van der Waals surface area contributed by atoms with Crippen LogP contribution in [0.25, 0.3) is 11.1 Å². The molecule has 0 aliphatic heterocycles. The van der Waals surface area contributed by atoms with Crippen LogP contribution in [0.3, 0.4) is 0 Å². The number of carbonyl (C=O) groups excluding carboxylic acids is 2. The fraction of sp³-hybridized carbons (Fsp3) is 0.214. The summed E-state index contributed by atoms with van der Waals surface area (Å²) in [4.78, 5) is 25.7. The van der Waals surface area contributed by atoms with Gasteiger partial charge in [0.25, 0.3) is 0 Å². The van der Waals surface area contributed by atoms with Crippen molar-refractivity contribution in [1.29, 1.82) is 0 Å². The van der Waals surface area contributed by atoms with Gasteiger partial charge in [-0.1, -0.05) is 48.2 Å². The van der Waals surface area contributed by atoms with Crippen molar-refractivity contribution < 1.29 is 23.8 Å². The summed E-state index contributed by atoms with van der Waals surface area (Å²) in [6.45, 7) is 6.44. The molecule has 0 unspecified atom stereocenters. The molecule has 0 radical (unpaired) electrons. The normalized spacial score (nSPS) is 10.6. The second kappa shape index (κ2) is 13.6. The van der Waals surface area contributed by atoms with Crippen LogP contribution in [0.4, 0.5) is 5.00 Å². The average Bonchev–Trinajstić information content (AvgIpc) is 3.55. The summed E-state index contributed by atoms with van der Waals surface area (Å²) in [7, 11) is 1.61. The number of amides is 1. The Hall–Kier alpha value is -4.09. The van der Waals surface area contributed by atoms with Gasteiger partial charge in [0.05, 0.1) is 19.5 Å². The van der Waals surface area contributed by atoms with Crippen LogP contribution in [0.15, 0.2) is 77.8 Å². The quantitative estimate of drug-likeness (QED) is 0.126.